The summed E-state index contributed by atoms with van der Waals surface area (Å²) in [7, 11) is 0. The fourth-order valence-electron chi connectivity index (χ4n) is 2.68. The Balaban J connectivity index is 2.01. The normalized spacial score (nSPS) is 13.9. The van der Waals surface area contributed by atoms with Crippen LogP contribution in [0.4, 0.5) is 14.6 Å². The molecule has 22 heavy (non-hydrogen) atoms. The molecule has 1 aromatic carbocycles. The number of hydrogen-bond donors (Lipinski definition) is 1. The van der Waals surface area contributed by atoms with Crippen molar-refractivity contribution in [2.75, 3.05) is 11.9 Å². The first-order chi connectivity index (χ1) is 10.6. The number of aromatic nitrogens is 4. The number of rotatable bonds is 1. The standard InChI is InChI=1S/C14H11F2N5O/c15-8-2-3-11(10(16)6-8)21-13-9(7-18-21)12-17-4-1-5-20(12)14(22)19-13/h2-3,6-7,17H,1,4-5H2. The fourth-order valence-corrected chi connectivity index (χ4v) is 2.68. The molecule has 2 aromatic heterocycles. The lowest BCUT2D eigenvalue weighted by atomic mass is 10.2. The lowest BCUT2D eigenvalue weighted by molar-refractivity contribution is 0.574. The summed E-state index contributed by atoms with van der Waals surface area (Å²) in [6.07, 6.45) is 2.36. The molecule has 6 nitrogen and oxygen atoms in total. The monoisotopic (exact) mass is 303 g/mol. The Morgan fingerprint density at radius 3 is 2.95 bits per heavy atom. The van der Waals surface area contributed by atoms with Crippen molar-refractivity contribution in [3.05, 3.63) is 46.5 Å². The number of anilines is 1. The number of nitrogens with zero attached hydrogens (tertiary/aromatic N) is 4. The van der Waals surface area contributed by atoms with Gasteiger partial charge in [0.1, 0.15) is 17.3 Å². The van der Waals surface area contributed by atoms with Crippen molar-refractivity contribution >= 4 is 16.9 Å². The van der Waals surface area contributed by atoms with E-state index < -0.39 is 17.3 Å². The van der Waals surface area contributed by atoms with Crippen LogP contribution in [0.2, 0.25) is 0 Å². The molecule has 0 atom stereocenters. The first-order valence-corrected chi connectivity index (χ1v) is 6.83. The van der Waals surface area contributed by atoms with E-state index in [1.807, 2.05) is 0 Å². The summed E-state index contributed by atoms with van der Waals surface area (Å²) in [6.45, 7) is 1.33. The predicted molar refractivity (Wildman–Crippen MR) is 76.1 cm³/mol. The molecule has 112 valence electrons. The molecule has 0 bridgehead atoms. The van der Waals surface area contributed by atoms with Crippen LogP contribution in [0.15, 0.2) is 29.2 Å². The van der Waals surface area contributed by atoms with Gasteiger partial charge in [-0.15, -0.1) is 0 Å². The highest BCUT2D eigenvalue weighted by atomic mass is 19.1. The van der Waals surface area contributed by atoms with Gasteiger partial charge in [-0.1, -0.05) is 0 Å². The quantitative estimate of drug-likeness (QED) is 0.743. The maximum atomic E-state index is 14.0. The van der Waals surface area contributed by atoms with Crippen molar-refractivity contribution in [1.82, 2.24) is 19.3 Å². The van der Waals surface area contributed by atoms with E-state index in [4.69, 9.17) is 0 Å². The van der Waals surface area contributed by atoms with E-state index >= 15 is 0 Å². The van der Waals surface area contributed by atoms with Gasteiger partial charge in [-0.2, -0.15) is 10.1 Å². The van der Waals surface area contributed by atoms with Gasteiger partial charge < -0.3 is 5.32 Å². The van der Waals surface area contributed by atoms with E-state index in [0.717, 1.165) is 25.1 Å². The molecule has 0 unspecified atom stereocenters. The first kappa shape index (κ1) is 12.9. The Morgan fingerprint density at radius 1 is 1.27 bits per heavy atom. The van der Waals surface area contributed by atoms with Crippen LogP contribution in [0.3, 0.4) is 0 Å². The minimum Gasteiger partial charge on any atom is -0.371 e. The largest absolute Gasteiger partial charge is 0.371 e. The van der Waals surface area contributed by atoms with Crippen LogP contribution in [0, 0.1) is 11.6 Å². The molecule has 3 heterocycles. The zero-order valence-electron chi connectivity index (χ0n) is 11.4. The number of fused-ring (bicyclic) bond motifs is 3. The summed E-state index contributed by atoms with van der Waals surface area (Å²) in [4.78, 5) is 16.1. The van der Waals surface area contributed by atoms with Gasteiger partial charge in [0.2, 0.25) is 0 Å². The molecule has 1 aliphatic rings. The summed E-state index contributed by atoms with van der Waals surface area (Å²) in [5.74, 6) is -0.808. The first-order valence-electron chi connectivity index (χ1n) is 6.83. The van der Waals surface area contributed by atoms with Crippen molar-refractivity contribution in [3.63, 3.8) is 0 Å². The Bertz CT molecular complexity index is 946. The molecule has 0 spiro atoms. The van der Waals surface area contributed by atoms with Crippen LogP contribution < -0.4 is 11.0 Å². The predicted octanol–water partition coefficient (Wildman–Crippen LogP) is 1.68. The zero-order chi connectivity index (χ0) is 15.3. The average molecular weight is 303 g/mol. The van der Waals surface area contributed by atoms with Crippen LogP contribution in [0.5, 0.6) is 0 Å². The molecule has 0 aliphatic carbocycles. The van der Waals surface area contributed by atoms with E-state index in [0.29, 0.717) is 17.7 Å². The van der Waals surface area contributed by atoms with E-state index in [2.05, 4.69) is 15.4 Å². The fraction of sp³-hybridized carbons (Fsp3) is 0.214. The third kappa shape index (κ3) is 1.80. The Morgan fingerprint density at radius 2 is 2.14 bits per heavy atom. The third-order valence-electron chi connectivity index (χ3n) is 3.69. The lowest BCUT2D eigenvalue weighted by Gasteiger charge is -2.19. The zero-order valence-corrected chi connectivity index (χ0v) is 11.4. The highest BCUT2D eigenvalue weighted by molar-refractivity contribution is 5.87. The Labute approximate surface area is 123 Å². The van der Waals surface area contributed by atoms with Gasteiger partial charge in [0.05, 0.1) is 11.6 Å². The van der Waals surface area contributed by atoms with E-state index in [-0.39, 0.29) is 11.3 Å². The maximum absolute atomic E-state index is 14.0. The molecule has 3 aromatic rings. The Hall–Kier alpha value is -2.77. The van der Waals surface area contributed by atoms with E-state index in [1.165, 1.54) is 16.9 Å². The van der Waals surface area contributed by atoms with Gasteiger partial charge in [0, 0.05) is 19.2 Å². The summed E-state index contributed by atoms with van der Waals surface area (Å²) in [5.41, 5.74) is -0.126. The van der Waals surface area contributed by atoms with Gasteiger partial charge in [-0.3, -0.25) is 4.57 Å². The summed E-state index contributed by atoms with van der Waals surface area (Å²) in [5, 5.41) is 7.88. The molecule has 8 heteroatoms. The third-order valence-corrected chi connectivity index (χ3v) is 3.69. The molecule has 1 N–H and O–H groups in total. The molecule has 0 radical (unpaired) electrons. The number of halogens is 2. The average Bonchev–Trinajstić information content (AvgIpc) is 2.91. The van der Waals surface area contributed by atoms with Crippen molar-refractivity contribution in [2.45, 2.75) is 13.0 Å². The molecule has 4 rings (SSSR count). The van der Waals surface area contributed by atoms with Crippen LogP contribution in [0.1, 0.15) is 6.42 Å². The molecule has 0 fully saturated rings. The molecule has 1 aliphatic heterocycles. The van der Waals surface area contributed by atoms with Crippen molar-refractivity contribution < 1.29 is 8.78 Å². The van der Waals surface area contributed by atoms with Crippen LogP contribution in [-0.2, 0) is 6.54 Å². The number of hydrogen-bond acceptors (Lipinski definition) is 4. The molecule has 0 saturated carbocycles. The van der Waals surface area contributed by atoms with Crippen LogP contribution >= 0.6 is 0 Å². The van der Waals surface area contributed by atoms with Crippen LogP contribution in [-0.4, -0.2) is 25.9 Å². The number of benzene rings is 1. The maximum Gasteiger partial charge on any atom is 0.351 e. The summed E-state index contributed by atoms with van der Waals surface area (Å²) >= 11 is 0. The molecular weight excluding hydrogens is 292 g/mol. The highest BCUT2D eigenvalue weighted by Crippen LogP contribution is 2.25. The Kier molecular flexibility index (Phi) is 2.72. The van der Waals surface area contributed by atoms with Gasteiger partial charge >= 0.3 is 5.69 Å². The van der Waals surface area contributed by atoms with Gasteiger partial charge in [-0.25, -0.2) is 18.3 Å². The minimum absolute atomic E-state index is 0.0454. The topological polar surface area (TPSA) is 64.7 Å². The summed E-state index contributed by atoms with van der Waals surface area (Å²) in [6, 6.07) is 3.17. The van der Waals surface area contributed by atoms with Gasteiger partial charge in [0.15, 0.2) is 11.5 Å². The van der Waals surface area contributed by atoms with Crippen molar-refractivity contribution in [3.8, 4) is 5.69 Å². The second-order valence-corrected chi connectivity index (χ2v) is 5.06. The molecule has 0 amide bonds. The highest BCUT2D eigenvalue weighted by Gasteiger charge is 2.19. The van der Waals surface area contributed by atoms with Gasteiger partial charge in [0.25, 0.3) is 0 Å². The van der Waals surface area contributed by atoms with Crippen molar-refractivity contribution in [2.24, 2.45) is 0 Å². The second kappa shape index (κ2) is 4.62. The molecule has 0 saturated heterocycles. The van der Waals surface area contributed by atoms with E-state index in [1.54, 1.807) is 4.57 Å². The van der Waals surface area contributed by atoms with Crippen molar-refractivity contribution in [1.29, 1.82) is 0 Å². The van der Waals surface area contributed by atoms with E-state index in [9.17, 15) is 13.6 Å². The molecular formula is C14H11F2N5O. The summed E-state index contributed by atoms with van der Waals surface area (Å²) < 4.78 is 29.7. The number of nitrogens with one attached hydrogen (secondary N) is 1. The van der Waals surface area contributed by atoms with Crippen LogP contribution in [0.25, 0.3) is 16.7 Å². The SMILES string of the molecule is O=c1nc2c(cnn2-c2ccc(F)cc2F)c2n1CCCN2. The lowest BCUT2D eigenvalue weighted by Crippen LogP contribution is -2.31. The smallest absolute Gasteiger partial charge is 0.351 e. The second-order valence-electron chi connectivity index (χ2n) is 5.06. The minimum atomic E-state index is -0.766. The van der Waals surface area contributed by atoms with Gasteiger partial charge in [-0.05, 0) is 18.6 Å².